The number of rotatable bonds is 2. The van der Waals surface area contributed by atoms with E-state index in [2.05, 4.69) is 11.0 Å². The van der Waals surface area contributed by atoms with Crippen molar-refractivity contribution in [3.05, 3.63) is 0 Å². The zero-order valence-electron chi connectivity index (χ0n) is 10.9. The quantitative estimate of drug-likeness (QED) is 0.740. The molecule has 0 bridgehead atoms. The molecule has 0 aromatic heterocycles. The van der Waals surface area contributed by atoms with Gasteiger partial charge in [-0.05, 0) is 51.6 Å². The number of hydrogen-bond donors (Lipinski definition) is 0. The Morgan fingerprint density at radius 2 is 1.89 bits per heavy atom. The molecule has 2 heterocycles. The summed E-state index contributed by atoms with van der Waals surface area (Å²) in [7, 11) is 0. The van der Waals surface area contributed by atoms with Gasteiger partial charge in [-0.25, -0.2) is 0 Å². The maximum atomic E-state index is 12.4. The average molecular weight is 247 g/mol. The van der Waals surface area contributed by atoms with Crippen LogP contribution in [0.4, 0.5) is 0 Å². The summed E-state index contributed by atoms with van der Waals surface area (Å²) < 4.78 is 0. The number of carbonyl (C=O) groups excluding carboxylic acids is 1. The van der Waals surface area contributed by atoms with Gasteiger partial charge in [-0.15, -0.1) is 0 Å². The van der Waals surface area contributed by atoms with Gasteiger partial charge in [-0.2, -0.15) is 5.26 Å². The molecule has 18 heavy (non-hydrogen) atoms. The van der Waals surface area contributed by atoms with Gasteiger partial charge in [0.1, 0.15) is 5.41 Å². The van der Waals surface area contributed by atoms with Gasteiger partial charge in [0.05, 0.1) is 6.07 Å². The summed E-state index contributed by atoms with van der Waals surface area (Å²) in [6.07, 6.45) is 6.26. The van der Waals surface area contributed by atoms with Crippen LogP contribution in [0, 0.1) is 16.7 Å². The molecule has 2 saturated heterocycles. The lowest BCUT2D eigenvalue weighted by atomic mass is 9.69. The van der Waals surface area contributed by atoms with Crippen molar-refractivity contribution in [3.8, 4) is 6.07 Å². The van der Waals surface area contributed by atoms with E-state index in [1.807, 2.05) is 4.90 Å². The standard InChI is InChI=1S/C14H21N3O/c15-11-14(5-3-6-14)13(18)17-9-4-12(10-17)16-7-1-2-8-16/h12H,1-10H2. The Morgan fingerprint density at radius 3 is 2.44 bits per heavy atom. The Balaban J connectivity index is 1.61. The van der Waals surface area contributed by atoms with Crippen LogP contribution in [-0.4, -0.2) is 47.9 Å². The van der Waals surface area contributed by atoms with E-state index in [4.69, 9.17) is 0 Å². The monoisotopic (exact) mass is 247 g/mol. The highest BCUT2D eigenvalue weighted by molar-refractivity contribution is 5.86. The molecule has 3 rings (SSSR count). The molecule has 4 heteroatoms. The minimum atomic E-state index is -0.653. The minimum Gasteiger partial charge on any atom is -0.340 e. The van der Waals surface area contributed by atoms with Crippen LogP contribution in [0.2, 0.25) is 0 Å². The van der Waals surface area contributed by atoms with E-state index in [0.717, 1.165) is 38.8 Å². The number of hydrogen-bond acceptors (Lipinski definition) is 3. The zero-order valence-corrected chi connectivity index (χ0v) is 10.9. The second kappa shape index (κ2) is 4.55. The fourth-order valence-electron chi connectivity index (χ4n) is 3.54. The molecule has 98 valence electrons. The van der Waals surface area contributed by atoms with Gasteiger partial charge in [0, 0.05) is 19.1 Å². The third-order valence-corrected chi connectivity index (χ3v) is 4.94. The van der Waals surface area contributed by atoms with Gasteiger partial charge < -0.3 is 4.90 Å². The number of likely N-dealkylation sites (tertiary alicyclic amines) is 2. The van der Waals surface area contributed by atoms with Crippen LogP contribution in [0.1, 0.15) is 38.5 Å². The molecule has 0 aromatic rings. The lowest BCUT2D eigenvalue weighted by molar-refractivity contribution is -0.142. The van der Waals surface area contributed by atoms with Crippen molar-refractivity contribution in [3.63, 3.8) is 0 Å². The first kappa shape index (κ1) is 12.0. The fraction of sp³-hybridized carbons (Fsp3) is 0.857. The average Bonchev–Trinajstić information content (AvgIpc) is 2.99. The van der Waals surface area contributed by atoms with E-state index in [0.29, 0.717) is 6.04 Å². The third kappa shape index (κ3) is 1.81. The van der Waals surface area contributed by atoms with Crippen LogP contribution in [0.5, 0.6) is 0 Å². The molecule has 0 spiro atoms. The molecule has 0 radical (unpaired) electrons. The van der Waals surface area contributed by atoms with E-state index < -0.39 is 5.41 Å². The summed E-state index contributed by atoms with van der Waals surface area (Å²) in [5.41, 5.74) is -0.653. The summed E-state index contributed by atoms with van der Waals surface area (Å²) in [5.74, 6) is 0.109. The predicted molar refractivity (Wildman–Crippen MR) is 67.7 cm³/mol. The fourth-order valence-corrected chi connectivity index (χ4v) is 3.54. The van der Waals surface area contributed by atoms with Gasteiger partial charge in [-0.1, -0.05) is 0 Å². The highest BCUT2D eigenvalue weighted by Gasteiger charge is 2.48. The molecule has 0 aromatic carbocycles. The third-order valence-electron chi connectivity index (χ3n) is 4.94. The first-order chi connectivity index (χ1) is 8.75. The first-order valence-corrected chi connectivity index (χ1v) is 7.20. The summed E-state index contributed by atoms with van der Waals surface area (Å²) in [6, 6.07) is 2.82. The van der Waals surface area contributed by atoms with Gasteiger partial charge in [0.25, 0.3) is 0 Å². The summed E-state index contributed by atoms with van der Waals surface area (Å²) in [6.45, 7) is 4.08. The highest BCUT2D eigenvalue weighted by Crippen LogP contribution is 2.42. The Hall–Kier alpha value is -1.08. The second-order valence-electron chi connectivity index (χ2n) is 5.98. The second-order valence-corrected chi connectivity index (χ2v) is 5.98. The number of amides is 1. The van der Waals surface area contributed by atoms with Gasteiger partial charge in [-0.3, -0.25) is 9.69 Å². The lowest BCUT2D eigenvalue weighted by Crippen LogP contribution is -2.47. The topological polar surface area (TPSA) is 47.3 Å². The van der Waals surface area contributed by atoms with Crippen LogP contribution < -0.4 is 0 Å². The minimum absolute atomic E-state index is 0.109. The molecule has 3 aliphatic rings. The first-order valence-electron chi connectivity index (χ1n) is 7.20. The molecular formula is C14H21N3O. The number of nitrogens with zero attached hydrogens (tertiary/aromatic N) is 3. The van der Waals surface area contributed by atoms with Crippen molar-refractivity contribution in [2.24, 2.45) is 5.41 Å². The molecular weight excluding hydrogens is 226 g/mol. The molecule has 1 aliphatic carbocycles. The Bertz CT molecular complexity index is 377. The summed E-state index contributed by atoms with van der Waals surface area (Å²) >= 11 is 0. The van der Waals surface area contributed by atoms with E-state index >= 15 is 0 Å². The zero-order chi connectivity index (χ0) is 12.6. The Labute approximate surface area is 109 Å². The van der Waals surface area contributed by atoms with Crippen molar-refractivity contribution in [2.75, 3.05) is 26.2 Å². The molecule has 4 nitrogen and oxygen atoms in total. The Morgan fingerprint density at radius 1 is 1.17 bits per heavy atom. The Kier molecular flexibility index (Phi) is 3.03. The van der Waals surface area contributed by atoms with E-state index in [1.54, 1.807) is 0 Å². The SMILES string of the molecule is N#CC1(C(=O)N2CCC(N3CCCC3)C2)CCC1. The molecule has 1 atom stereocenters. The van der Waals surface area contributed by atoms with E-state index in [9.17, 15) is 10.1 Å². The van der Waals surface area contributed by atoms with Crippen LogP contribution in [-0.2, 0) is 4.79 Å². The predicted octanol–water partition coefficient (Wildman–Crippen LogP) is 1.38. The smallest absolute Gasteiger partial charge is 0.243 e. The molecule has 1 amide bonds. The lowest BCUT2D eigenvalue weighted by Gasteiger charge is -2.37. The molecule has 2 aliphatic heterocycles. The van der Waals surface area contributed by atoms with Crippen molar-refractivity contribution < 1.29 is 4.79 Å². The van der Waals surface area contributed by atoms with Crippen LogP contribution in [0.3, 0.4) is 0 Å². The summed E-state index contributed by atoms with van der Waals surface area (Å²) in [5, 5.41) is 9.24. The largest absolute Gasteiger partial charge is 0.340 e. The summed E-state index contributed by atoms with van der Waals surface area (Å²) in [4.78, 5) is 16.9. The van der Waals surface area contributed by atoms with Gasteiger partial charge in [0.15, 0.2) is 0 Å². The molecule has 0 N–H and O–H groups in total. The van der Waals surface area contributed by atoms with Crippen molar-refractivity contribution in [1.82, 2.24) is 9.80 Å². The highest BCUT2D eigenvalue weighted by atomic mass is 16.2. The maximum absolute atomic E-state index is 12.4. The van der Waals surface area contributed by atoms with Crippen molar-refractivity contribution in [2.45, 2.75) is 44.6 Å². The molecule has 1 saturated carbocycles. The maximum Gasteiger partial charge on any atom is 0.243 e. The molecule has 3 fully saturated rings. The van der Waals surface area contributed by atoms with E-state index in [1.165, 1.54) is 25.9 Å². The molecule has 1 unspecified atom stereocenters. The van der Waals surface area contributed by atoms with Crippen LogP contribution >= 0.6 is 0 Å². The van der Waals surface area contributed by atoms with E-state index in [-0.39, 0.29) is 5.91 Å². The van der Waals surface area contributed by atoms with Crippen molar-refractivity contribution in [1.29, 1.82) is 5.26 Å². The van der Waals surface area contributed by atoms with Crippen LogP contribution in [0.15, 0.2) is 0 Å². The number of nitriles is 1. The van der Waals surface area contributed by atoms with Gasteiger partial charge >= 0.3 is 0 Å². The van der Waals surface area contributed by atoms with Gasteiger partial charge in [0.2, 0.25) is 5.91 Å². The van der Waals surface area contributed by atoms with Crippen molar-refractivity contribution >= 4 is 5.91 Å². The normalized spacial score (nSPS) is 31.1. The number of carbonyl (C=O) groups is 1. The van der Waals surface area contributed by atoms with Crippen LogP contribution in [0.25, 0.3) is 0 Å².